The number of fused-ring (bicyclic) bond motifs is 1. The van der Waals surface area contributed by atoms with Crippen molar-refractivity contribution >= 4 is 34.6 Å². The first kappa shape index (κ1) is 20.5. The van der Waals surface area contributed by atoms with E-state index in [0.717, 1.165) is 44.9 Å². The predicted octanol–water partition coefficient (Wildman–Crippen LogP) is 5.76. The Morgan fingerprint density at radius 1 is 1.10 bits per heavy atom. The Morgan fingerprint density at radius 2 is 1.84 bits per heavy atom. The van der Waals surface area contributed by atoms with Crippen LogP contribution in [0.4, 0.5) is 5.82 Å². The summed E-state index contributed by atoms with van der Waals surface area (Å²) in [6, 6.07) is 14.2. The van der Waals surface area contributed by atoms with E-state index < -0.39 is 0 Å². The first-order valence-electron chi connectivity index (χ1n) is 9.77. The third-order valence-electron chi connectivity index (χ3n) is 5.82. The number of nitrogens with two attached hydrogens (primary N) is 1. The van der Waals surface area contributed by atoms with Crippen LogP contribution in [-0.2, 0) is 0 Å². The van der Waals surface area contributed by atoms with Gasteiger partial charge in [0.15, 0.2) is 0 Å². The van der Waals surface area contributed by atoms with E-state index in [9.17, 15) is 10.5 Å². The molecule has 5 nitrogen and oxygen atoms in total. The van der Waals surface area contributed by atoms with Gasteiger partial charge in [0.25, 0.3) is 0 Å². The van der Waals surface area contributed by atoms with Gasteiger partial charge in [-0.15, -0.1) is 0 Å². The number of anilines is 1. The zero-order valence-corrected chi connectivity index (χ0v) is 18.5. The molecule has 0 atom stereocenters. The molecule has 0 saturated heterocycles. The molecule has 2 N–H and O–H groups in total. The third-order valence-corrected chi connectivity index (χ3v) is 6.06. The van der Waals surface area contributed by atoms with Crippen LogP contribution in [-0.4, -0.2) is 9.55 Å². The second-order valence-corrected chi connectivity index (χ2v) is 8.08. The van der Waals surface area contributed by atoms with Crippen LogP contribution in [0, 0.1) is 43.4 Å². The molecule has 0 saturated carbocycles. The van der Waals surface area contributed by atoms with Gasteiger partial charge in [-0.3, -0.25) is 0 Å². The Kier molecular flexibility index (Phi) is 4.93. The number of pyridine rings is 1. The number of nitrogens with zero attached hydrogens (tertiary/aromatic N) is 4. The second-order valence-electron chi connectivity index (χ2n) is 7.64. The van der Waals surface area contributed by atoms with Crippen LogP contribution in [0.5, 0.6) is 0 Å². The molecule has 2 aromatic heterocycles. The Bertz CT molecular complexity index is 1410. The fourth-order valence-corrected chi connectivity index (χ4v) is 4.48. The first-order valence-corrected chi connectivity index (χ1v) is 10.1. The summed E-state index contributed by atoms with van der Waals surface area (Å²) in [5.74, 6) is 0.152. The van der Waals surface area contributed by atoms with Crippen molar-refractivity contribution in [3.8, 4) is 17.8 Å². The van der Waals surface area contributed by atoms with Crippen LogP contribution < -0.4 is 5.73 Å². The lowest BCUT2D eigenvalue weighted by atomic mass is 9.95. The monoisotopic (exact) mass is 425 g/mol. The standard InChI is InChI=1S/C25H20ClN5/c1-13-8-17(16(4)31(13)19-7-5-6-18(26)10-19)9-20-14(2)21(11-27)24-23(20)15(3)22(12-28)25(29)30-24/h5-10H,1-4H3,(H2,29,30)/b20-9-. The van der Waals surface area contributed by atoms with Gasteiger partial charge in [-0.05, 0) is 80.3 Å². The van der Waals surface area contributed by atoms with Crippen molar-refractivity contribution in [2.75, 3.05) is 5.73 Å². The van der Waals surface area contributed by atoms with E-state index in [-0.39, 0.29) is 5.82 Å². The molecule has 0 amide bonds. The van der Waals surface area contributed by atoms with Gasteiger partial charge in [-0.2, -0.15) is 10.5 Å². The molecule has 0 radical (unpaired) electrons. The molecule has 31 heavy (non-hydrogen) atoms. The highest BCUT2D eigenvalue weighted by atomic mass is 35.5. The van der Waals surface area contributed by atoms with Crippen LogP contribution in [0.1, 0.15) is 46.3 Å². The van der Waals surface area contributed by atoms with Gasteiger partial charge < -0.3 is 10.3 Å². The number of hydrogen-bond donors (Lipinski definition) is 1. The minimum atomic E-state index is 0.152. The molecule has 1 aliphatic rings. The van der Waals surface area contributed by atoms with Gasteiger partial charge in [-0.1, -0.05) is 17.7 Å². The van der Waals surface area contributed by atoms with Gasteiger partial charge in [0, 0.05) is 27.7 Å². The number of aryl methyl sites for hydroxylation is 1. The van der Waals surface area contributed by atoms with Crippen molar-refractivity contribution in [2.24, 2.45) is 0 Å². The minimum absolute atomic E-state index is 0.152. The largest absolute Gasteiger partial charge is 0.383 e. The van der Waals surface area contributed by atoms with Gasteiger partial charge in [-0.25, -0.2) is 4.98 Å². The fraction of sp³-hybridized carbons (Fsp3) is 0.160. The van der Waals surface area contributed by atoms with Crippen molar-refractivity contribution in [2.45, 2.75) is 27.7 Å². The Morgan fingerprint density at radius 3 is 2.48 bits per heavy atom. The van der Waals surface area contributed by atoms with Crippen molar-refractivity contribution in [3.05, 3.63) is 80.3 Å². The number of halogens is 1. The van der Waals surface area contributed by atoms with E-state index in [4.69, 9.17) is 17.3 Å². The summed E-state index contributed by atoms with van der Waals surface area (Å²) < 4.78 is 2.15. The third kappa shape index (κ3) is 3.11. The van der Waals surface area contributed by atoms with Crippen LogP contribution in [0.25, 0.3) is 22.9 Å². The maximum absolute atomic E-state index is 9.76. The number of benzene rings is 1. The summed E-state index contributed by atoms with van der Waals surface area (Å²) in [4.78, 5) is 4.40. The molecule has 0 bridgehead atoms. The van der Waals surface area contributed by atoms with Crippen molar-refractivity contribution in [3.63, 3.8) is 0 Å². The first-order chi connectivity index (χ1) is 14.8. The summed E-state index contributed by atoms with van der Waals surface area (Å²) in [5, 5.41) is 20.0. The zero-order valence-electron chi connectivity index (χ0n) is 17.7. The van der Waals surface area contributed by atoms with Crippen molar-refractivity contribution in [1.82, 2.24) is 9.55 Å². The topological polar surface area (TPSA) is 91.4 Å². The van der Waals surface area contributed by atoms with E-state index in [1.807, 2.05) is 45.0 Å². The predicted molar refractivity (Wildman–Crippen MR) is 124 cm³/mol. The number of aromatic nitrogens is 2. The minimum Gasteiger partial charge on any atom is -0.383 e. The van der Waals surface area contributed by atoms with Gasteiger partial charge >= 0.3 is 0 Å². The normalized spacial score (nSPS) is 14.0. The summed E-state index contributed by atoms with van der Waals surface area (Å²) in [5.41, 5.74) is 14.8. The van der Waals surface area contributed by atoms with Crippen LogP contribution in [0.2, 0.25) is 5.02 Å². The zero-order chi connectivity index (χ0) is 22.4. The number of nitriles is 2. The number of hydrogen-bond acceptors (Lipinski definition) is 4. The molecular formula is C25H20ClN5. The van der Waals surface area contributed by atoms with Crippen LogP contribution in [0.3, 0.4) is 0 Å². The van der Waals surface area contributed by atoms with Gasteiger partial charge in [0.1, 0.15) is 18.0 Å². The molecule has 0 fully saturated rings. The summed E-state index contributed by atoms with van der Waals surface area (Å²) in [7, 11) is 0. The van der Waals surface area contributed by atoms with Crippen molar-refractivity contribution < 1.29 is 0 Å². The number of allylic oxidation sites excluding steroid dienone is 3. The van der Waals surface area contributed by atoms with Crippen LogP contribution in [0.15, 0.2) is 35.9 Å². The molecule has 1 aromatic carbocycles. The lowest BCUT2D eigenvalue weighted by Gasteiger charge is -2.12. The Balaban J connectivity index is 1.96. The van der Waals surface area contributed by atoms with Crippen LogP contribution >= 0.6 is 11.6 Å². The Labute approximate surface area is 186 Å². The molecule has 152 valence electrons. The lowest BCUT2D eigenvalue weighted by Crippen LogP contribution is -2.03. The molecule has 0 spiro atoms. The van der Waals surface area contributed by atoms with E-state index in [1.165, 1.54) is 0 Å². The quantitative estimate of drug-likeness (QED) is 0.565. The van der Waals surface area contributed by atoms with Gasteiger partial charge in [0.2, 0.25) is 0 Å². The smallest absolute Gasteiger partial charge is 0.142 e. The molecule has 1 aliphatic carbocycles. The molecule has 0 unspecified atom stereocenters. The van der Waals surface area contributed by atoms with Gasteiger partial charge in [0.05, 0.1) is 16.8 Å². The lowest BCUT2D eigenvalue weighted by molar-refractivity contribution is 0.965. The summed E-state index contributed by atoms with van der Waals surface area (Å²) >= 11 is 6.20. The van der Waals surface area contributed by atoms with Crippen molar-refractivity contribution in [1.29, 1.82) is 10.5 Å². The summed E-state index contributed by atoms with van der Waals surface area (Å²) in [6.07, 6.45) is 2.06. The highest BCUT2D eigenvalue weighted by molar-refractivity contribution is 6.30. The number of nitrogen functional groups attached to an aromatic ring is 1. The molecular weight excluding hydrogens is 406 g/mol. The summed E-state index contributed by atoms with van der Waals surface area (Å²) in [6.45, 7) is 7.86. The molecule has 6 heteroatoms. The number of rotatable bonds is 2. The van der Waals surface area contributed by atoms with E-state index in [1.54, 1.807) is 0 Å². The maximum atomic E-state index is 9.76. The highest BCUT2D eigenvalue weighted by Gasteiger charge is 2.30. The fourth-order valence-electron chi connectivity index (χ4n) is 4.30. The molecule has 4 rings (SSSR count). The molecule has 2 heterocycles. The Hall–Kier alpha value is -3.80. The molecule has 0 aliphatic heterocycles. The molecule has 3 aromatic rings. The highest BCUT2D eigenvalue weighted by Crippen LogP contribution is 2.44. The van der Waals surface area contributed by atoms with E-state index >= 15 is 0 Å². The SMILES string of the molecule is CC1=C(C#N)c2nc(N)c(C#N)c(C)c2/C1=C\c1cc(C)n(-c2cccc(Cl)c2)c1C. The second kappa shape index (κ2) is 7.47. The average molecular weight is 426 g/mol. The maximum Gasteiger partial charge on any atom is 0.142 e. The van der Waals surface area contributed by atoms with E-state index in [0.29, 0.717) is 21.9 Å². The van der Waals surface area contributed by atoms with E-state index in [2.05, 4.69) is 40.8 Å². The average Bonchev–Trinajstić information content (AvgIpc) is 3.15.